The van der Waals surface area contributed by atoms with Crippen LogP contribution in [0.15, 0.2) is 30.3 Å². The highest BCUT2D eigenvalue weighted by Crippen LogP contribution is 2.26. The second-order valence-electron chi connectivity index (χ2n) is 6.84. The van der Waals surface area contributed by atoms with Gasteiger partial charge in [0.1, 0.15) is 0 Å². The molecule has 1 aliphatic rings. The van der Waals surface area contributed by atoms with E-state index in [1.807, 2.05) is 18.2 Å². The molecule has 1 atom stereocenters. The van der Waals surface area contributed by atoms with E-state index >= 15 is 0 Å². The molecule has 3 nitrogen and oxygen atoms in total. The maximum absolute atomic E-state index is 12.2. The van der Waals surface area contributed by atoms with E-state index in [1.54, 1.807) is 0 Å². The monoisotopic (exact) mass is 288 g/mol. The van der Waals surface area contributed by atoms with E-state index in [9.17, 15) is 4.79 Å². The van der Waals surface area contributed by atoms with Gasteiger partial charge in [-0.15, -0.1) is 0 Å². The lowest BCUT2D eigenvalue weighted by Crippen LogP contribution is -2.34. The lowest BCUT2D eigenvalue weighted by Gasteiger charge is -2.25. The highest BCUT2D eigenvalue weighted by Gasteiger charge is 2.24. The molecule has 0 spiro atoms. The van der Waals surface area contributed by atoms with Gasteiger partial charge in [0.05, 0.1) is 0 Å². The van der Waals surface area contributed by atoms with Crippen molar-refractivity contribution in [2.75, 3.05) is 20.1 Å². The summed E-state index contributed by atoms with van der Waals surface area (Å²) >= 11 is 0. The molecule has 0 saturated carbocycles. The Morgan fingerprint density at radius 2 is 2.05 bits per heavy atom. The first-order chi connectivity index (χ1) is 9.99. The van der Waals surface area contributed by atoms with E-state index in [-0.39, 0.29) is 11.3 Å². The van der Waals surface area contributed by atoms with E-state index in [0.29, 0.717) is 12.5 Å². The van der Waals surface area contributed by atoms with Gasteiger partial charge in [-0.3, -0.25) is 4.79 Å². The summed E-state index contributed by atoms with van der Waals surface area (Å²) in [6.45, 7) is 6.25. The fourth-order valence-electron chi connectivity index (χ4n) is 3.18. The van der Waals surface area contributed by atoms with Gasteiger partial charge in [-0.25, -0.2) is 0 Å². The van der Waals surface area contributed by atoms with Crippen LogP contribution in [0.25, 0.3) is 0 Å². The largest absolute Gasteiger partial charge is 0.356 e. The number of benzene rings is 1. The summed E-state index contributed by atoms with van der Waals surface area (Å²) in [6.07, 6.45) is 4.16. The minimum absolute atomic E-state index is 0.116. The molecule has 1 saturated heterocycles. The van der Waals surface area contributed by atoms with Crippen LogP contribution < -0.4 is 5.32 Å². The van der Waals surface area contributed by atoms with E-state index in [2.05, 4.69) is 43.2 Å². The summed E-state index contributed by atoms with van der Waals surface area (Å²) in [6, 6.07) is 10.9. The average molecular weight is 288 g/mol. The molecule has 3 heteroatoms. The zero-order valence-corrected chi connectivity index (χ0v) is 13.6. The van der Waals surface area contributed by atoms with Crippen molar-refractivity contribution in [3.8, 4) is 0 Å². The Kier molecular flexibility index (Phi) is 5.40. The summed E-state index contributed by atoms with van der Waals surface area (Å²) in [5.74, 6) is 0.157. The molecule has 1 amide bonds. The number of nitrogens with one attached hydrogen (secondary N) is 1. The number of carbonyl (C=O) groups is 1. The Morgan fingerprint density at radius 1 is 1.33 bits per heavy atom. The van der Waals surface area contributed by atoms with Crippen molar-refractivity contribution in [2.24, 2.45) is 0 Å². The average Bonchev–Trinajstić information content (AvgIpc) is 2.85. The van der Waals surface area contributed by atoms with Gasteiger partial charge in [-0.05, 0) is 43.8 Å². The minimum atomic E-state index is -0.116. The predicted molar refractivity (Wildman–Crippen MR) is 87.4 cm³/mol. The van der Waals surface area contributed by atoms with Crippen molar-refractivity contribution >= 4 is 5.91 Å². The lowest BCUT2D eigenvalue weighted by atomic mass is 9.81. The van der Waals surface area contributed by atoms with Gasteiger partial charge in [0.25, 0.3) is 0 Å². The third-order valence-corrected chi connectivity index (χ3v) is 4.63. The van der Waals surface area contributed by atoms with Crippen LogP contribution in [0.2, 0.25) is 0 Å². The summed E-state index contributed by atoms with van der Waals surface area (Å²) < 4.78 is 0. The maximum Gasteiger partial charge on any atom is 0.220 e. The standard InChI is InChI=1S/C18H28N2O/c1-18(2,15-8-5-4-6-9-15)14-17(21)19-12-11-16-10-7-13-20(16)3/h4-6,8-9,16H,7,10-14H2,1-3H3,(H,19,21). The first kappa shape index (κ1) is 16.0. The molecular formula is C18H28N2O. The van der Waals surface area contributed by atoms with Crippen LogP contribution in [0.4, 0.5) is 0 Å². The lowest BCUT2D eigenvalue weighted by molar-refractivity contribution is -0.122. The zero-order chi connectivity index (χ0) is 15.3. The van der Waals surface area contributed by atoms with Crippen molar-refractivity contribution in [2.45, 2.75) is 51.0 Å². The Balaban J connectivity index is 1.76. The van der Waals surface area contributed by atoms with Crippen LogP contribution in [0, 0.1) is 0 Å². The Morgan fingerprint density at radius 3 is 2.67 bits per heavy atom. The Hall–Kier alpha value is -1.35. The maximum atomic E-state index is 12.2. The van der Waals surface area contributed by atoms with E-state index in [1.165, 1.54) is 24.9 Å². The molecule has 0 bridgehead atoms. The molecule has 1 unspecified atom stereocenters. The molecule has 116 valence electrons. The van der Waals surface area contributed by atoms with E-state index < -0.39 is 0 Å². The van der Waals surface area contributed by atoms with Crippen LogP contribution in [0.1, 0.15) is 45.1 Å². The molecule has 2 rings (SSSR count). The third kappa shape index (κ3) is 4.57. The molecule has 1 fully saturated rings. The predicted octanol–water partition coefficient (Wildman–Crippen LogP) is 2.95. The van der Waals surface area contributed by atoms with E-state index in [4.69, 9.17) is 0 Å². The molecule has 1 aliphatic heterocycles. The van der Waals surface area contributed by atoms with Gasteiger partial charge < -0.3 is 10.2 Å². The first-order valence-electron chi connectivity index (χ1n) is 8.01. The van der Waals surface area contributed by atoms with Crippen LogP contribution in [0.5, 0.6) is 0 Å². The number of carbonyl (C=O) groups excluding carboxylic acids is 1. The second kappa shape index (κ2) is 7.08. The zero-order valence-electron chi connectivity index (χ0n) is 13.6. The van der Waals surface area contributed by atoms with Crippen LogP contribution >= 0.6 is 0 Å². The molecule has 1 N–H and O–H groups in total. The Labute approximate surface area is 128 Å². The number of rotatable bonds is 6. The summed E-state index contributed by atoms with van der Waals surface area (Å²) in [4.78, 5) is 14.6. The van der Waals surface area contributed by atoms with Gasteiger partial charge >= 0.3 is 0 Å². The molecule has 0 aromatic heterocycles. The topological polar surface area (TPSA) is 32.3 Å². The van der Waals surface area contributed by atoms with Crippen LogP contribution in [-0.2, 0) is 10.2 Å². The highest BCUT2D eigenvalue weighted by atomic mass is 16.1. The van der Waals surface area contributed by atoms with Crippen molar-refractivity contribution in [3.05, 3.63) is 35.9 Å². The number of hydrogen-bond donors (Lipinski definition) is 1. The summed E-state index contributed by atoms with van der Waals surface area (Å²) in [5.41, 5.74) is 1.10. The molecule has 1 aromatic carbocycles. The van der Waals surface area contributed by atoms with Crippen molar-refractivity contribution < 1.29 is 4.79 Å². The van der Waals surface area contributed by atoms with Crippen LogP contribution in [0.3, 0.4) is 0 Å². The second-order valence-corrected chi connectivity index (χ2v) is 6.84. The fraction of sp³-hybridized carbons (Fsp3) is 0.611. The van der Waals surface area contributed by atoms with E-state index in [0.717, 1.165) is 13.0 Å². The smallest absolute Gasteiger partial charge is 0.220 e. The highest BCUT2D eigenvalue weighted by molar-refractivity contribution is 5.77. The van der Waals surface area contributed by atoms with Gasteiger partial charge in [-0.1, -0.05) is 44.2 Å². The summed E-state index contributed by atoms with van der Waals surface area (Å²) in [5, 5.41) is 3.09. The van der Waals surface area contributed by atoms with Gasteiger partial charge in [0.2, 0.25) is 5.91 Å². The van der Waals surface area contributed by atoms with Crippen molar-refractivity contribution in [1.29, 1.82) is 0 Å². The van der Waals surface area contributed by atoms with Gasteiger partial charge in [0, 0.05) is 19.0 Å². The first-order valence-corrected chi connectivity index (χ1v) is 8.01. The number of likely N-dealkylation sites (tertiary alicyclic amines) is 1. The third-order valence-electron chi connectivity index (χ3n) is 4.63. The number of nitrogens with zero attached hydrogens (tertiary/aromatic N) is 1. The molecule has 0 radical (unpaired) electrons. The number of hydrogen-bond acceptors (Lipinski definition) is 2. The summed E-state index contributed by atoms with van der Waals surface area (Å²) in [7, 11) is 2.18. The molecule has 1 heterocycles. The Bertz CT molecular complexity index is 456. The van der Waals surface area contributed by atoms with Gasteiger partial charge in [-0.2, -0.15) is 0 Å². The molecule has 1 aromatic rings. The molecule has 0 aliphatic carbocycles. The molecular weight excluding hydrogens is 260 g/mol. The van der Waals surface area contributed by atoms with Crippen molar-refractivity contribution in [1.82, 2.24) is 10.2 Å². The van der Waals surface area contributed by atoms with Crippen molar-refractivity contribution in [3.63, 3.8) is 0 Å². The SMILES string of the molecule is CN1CCCC1CCNC(=O)CC(C)(C)c1ccccc1. The minimum Gasteiger partial charge on any atom is -0.356 e. The quantitative estimate of drug-likeness (QED) is 0.873. The van der Waals surface area contributed by atoms with Crippen LogP contribution in [-0.4, -0.2) is 37.0 Å². The number of amides is 1. The fourth-order valence-corrected chi connectivity index (χ4v) is 3.18. The van der Waals surface area contributed by atoms with Gasteiger partial charge in [0.15, 0.2) is 0 Å². The normalized spacial score (nSPS) is 19.7. The molecule has 21 heavy (non-hydrogen) atoms.